The normalized spacial score (nSPS) is 22.7. The Morgan fingerprint density at radius 1 is 0.974 bits per heavy atom. The van der Waals surface area contributed by atoms with Crippen LogP contribution in [0.4, 0.5) is 8.78 Å². The number of rotatable bonds is 7. The Kier molecular flexibility index (Phi) is 9.56. The maximum absolute atomic E-state index is 14.9. The van der Waals surface area contributed by atoms with Crippen molar-refractivity contribution in [2.45, 2.75) is 105 Å². The molecular weight excluding hydrogens is 496 g/mol. The van der Waals surface area contributed by atoms with Crippen LogP contribution in [0.15, 0.2) is 18.2 Å². The lowest BCUT2D eigenvalue weighted by atomic mass is 9.70. The van der Waals surface area contributed by atoms with Gasteiger partial charge in [0.1, 0.15) is 11.6 Å². The van der Waals surface area contributed by atoms with Crippen molar-refractivity contribution in [2.75, 3.05) is 26.2 Å². The third-order valence-electron chi connectivity index (χ3n) is 8.63. The van der Waals surface area contributed by atoms with Gasteiger partial charge in [0.2, 0.25) is 11.8 Å². The minimum atomic E-state index is -0.599. The summed E-state index contributed by atoms with van der Waals surface area (Å²) < 4.78 is 28.6. The van der Waals surface area contributed by atoms with E-state index >= 15 is 0 Å². The van der Waals surface area contributed by atoms with Gasteiger partial charge in [0.15, 0.2) is 0 Å². The molecule has 2 saturated heterocycles. The van der Waals surface area contributed by atoms with Crippen LogP contribution < -0.4 is 5.32 Å². The average Bonchev–Trinajstić information content (AvgIpc) is 3.22. The summed E-state index contributed by atoms with van der Waals surface area (Å²) in [7, 11) is 0. The molecule has 2 fully saturated rings. The molecule has 3 atom stereocenters. The topological polar surface area (TPSA) is 52.7 Å². The zero-order chi connectivity index (χ0) is 29.3. The largest absolute Gasteiger partial charge is 0.351 e. The summed E-state index contributed by atoms with van der Waals surface area (Å²) in [5.41, 5.74) is 0.150. The third kappa shape index (κ3) is 8.48. The molecule has 2 heterocycles. The van der Waals surface area contributed by atoms with Crippen molar-refractivity contribution >= 4 is 11.8 Å². The fraction of sp³-hybridized carbons (Fsp3) is 0.750. The van der Waals surface area contributed by atoms with Crippen LogP contribution in [0.25, 0.3) is 0 Å². The molecule has 1 N–H and O–H groups in total. The molecule has 2 aliphatic rings. The second kappa shape index (κ2) is 11.8. The zero-order valence-electron chi connectivity index (χ0n) is 25.7. The first-order chi connectivity index (χ1) is 17.9. The lowest BCUT2D eigenvalue weighted by Gasteiger charge is -2.42. The van der Waals surface area contributed by atoms with Gasteiger partial charge in [0.05, 0.1) is 5.92 Å². The van der Waals surface area contributed by atoms with Crippen molar-refractivity contribution in [2.24, 2.45) is 23.2 Å². The summed E-state index contributed by atoms with van der Waals surface area (Å²) in [5, 5.41) is 3.12. The van der Waals surface area contributed by atoms with Gasteiger partial charge in [-0.05, 0) is 89.2 Å². The number of amides is 2. The van der Waals surface area contributed by atoms with Gasteiger partial charge < -0.3 is 10.2 Å². The van der Waals surface area contributed by atoms with E-state index in [2.05, 4.69) is 65.6 Å². The highest BCUT2D eigenvalue weighted by Gasteiger charge is 2.45. The SMILES string of the molecule is CC(=O)NC(C)(C)CC(CC(C)(C)C)C1CCN(C(=O)[C@@H]2CN(C(C)(C)C)C[C@H]2c2ccc(F)cc2F)CC1. The summed E-state index contributed by atoms with van der Waals surface area (Å²) >= 11 is 0. The second-order valence-electron chi connectivity index (χ2n) is 14.9. The van der Waals surface area contributed by atoms with Gasteiger partial charge in [-0.25, -0.2) is 8.78 Å². The molecule has 7 heteroatoms. The predicted molar refractivity (Wildman–Crippen MR) is 153 cm³/mol. The number of carbonyl (C=O) groups excluding carboxylic acids is 2. The number of piperidine rings is 1. The van der Waals surface area contributed by atoms with Gasteiger partial charge in [-0.2, -0.15) is 0 Å². The molecule has 0 spiro atoms. The molecule has 1 aromatic carbocycles. The van der Waals surface area contributed by atoms with Crippen molar-refractivity contribution in [1.29, 1.82) is 0 Å². The van der Waals surface area contributed by atoms with E-state index in [1.807, 2.05) is 4.90 Å². The average molecular weight is 548 g/mol. The summed E-state index contributed by atoms with van der Waals surface area (Å²) in [6, 6.07) is 3.74. The van der Waals surface area contributed by atoms with Gasteiger partial charge in [0.25, 0.3) is 0 Å². The van der Waals surface area contributed by atoms with Crippen LogP contribution in [0.1, 0.15) is 99.5 Å². The monoisotopic (exact) mass is 547 g/mol. The van der Waals surface area contributed by atoms with Gasteiger partial charge in [-0.3, -0.25) is 14.5 Å². The number of hydrogen-bond donors (Lipinski definition) is 1. The number of benzene rings is 1. The highest BCUT2D eigenvalue weighted by Crippen LogP contribution is 2.41. The Morgan fingerprint density at radius 2 is 1.59 bits per heavy atom. The number of halogens is 2. The molecule has 3 rings (SSSR count). The minimum absolute atomic E-state index is 0.0112. The quantitative estimate of drug-likeness (QED) is 0.431. The Balaban J connectivity index is 1.75. The van der Waals surface area contributed by atoms with E-state index in [1.165, 1.54) is 12.1 Å². The summed E-state index contributed by atoms with van der Waals surface area (Å²) in [4.78, 5) is 30.0. The van der Waals surface area contributed by atoms with E-state index in [0.717, 1.165) is 31.7 Å². The highest BCUT2D eigenvalue weighted by atomic mass is 19.1. The number of nitrogens with zero attached hydrogens (tertiary/aromatic N) is 2. The smallest absolute Gasteiger partial charge is 0.227 e. The van der Waals surface area contributed by atoms with Crippen LogP contribution in [0.2, 0.25) is 0 Å². The summed E-state index contributed by atoms with van der Waals surface area (Å²) in [6.07, 6.45) is 3.81. The lowest BCUT2D eigenvalue weighted by Crippen LogP contribution is -2.48. The molecule has 2 aliphatic heterocycles. The minimum Gasteiger partial charge on any atom is -0.351 e. The first-order valence-electron chi connectivity index (χ1n) is 14.6. The zero-order valence-corrected chi connectivity index (χ0v) is 25.7. The molecule has 220 valence electrons. The van der Waals surface area contributed by atoms with E-state index in [0.29, 0.717) is 43.6 Å². The second-order valence-corrected chi connectivity index (χ2v) is 14.9. The van der Waals surface area contributed by atoms with E-state index < -0.39 is 11.6 Å². The number of carbonyl (C=O) groups is 2. The molecule has 5 nitrogen and oxygen atoms in total. The fourth-order valence-corrected chi connectivity index (χ4v) is 6.92. The molecule has 1 aromatic rings. The summed E-state index contributed by atoms with van der Waals surface area (Å²) in [5.74, 6) is -0.846. The molecule has 0 radical (unpaired) electrons. The van der Waals surface area contributed by atoms with Gasteiger partial charge in [-0.15, -0.1) is 0 Å². The van der Waals surface area contributed by atoms with Crippen LogP contribution in [0.5, 0.6) is 0 Å². The van der Waals surface area contributed by atoms with Crippen LogP contribution >= 0.6 is 0 Å². The lowest BCUT2D eigenvalue weighted by molar-refractivity contribution is -0.137. The first kappa shape index (κ1) is 31.5. The highest BCUT2D eigenvalue weighted by molar-refractivity contribution is 5.81. The van der Waals surface area contributed by atoms with E-state index in [9.17, 15) is 18.4 Å². The molecule has 0 aromatic heterocycles. The first-order valence-corrected chi connectivity index (χ1v) is 14.6. The van der Waals surface area contributed by atoms with Crippen molar-refractivity contribution in [3.05, 3.63) is 35.4 Å². The van der Waals surface area contributed by atoms with E-state index in [4.69, 9.17) is 0 Å². The van der Waals surface area contributed by atoms with Crippen molar-refractivity contribution in [3.8, 4) is 0 Å². The van der Waals surface area contributed by atoms with Crippen molar-refractivity contribution in [1.82, 2.24) is 15.1 Å². The molecule has 2 amide bonds. The van der Waals surface area contributed by atoms with Gasteiger partial charge in [0, 0.05) is 56.2 Å². The van der Waals surface area contributed by atoms with Crippen molar-refractivity contribution in [3.63, 3.8) is 0 Å². The molecule has 1 unspecified atom stereocenters. The standard InChI is InChI=1S/C32H51F2N3O2/c1-21(38)35-32(8,9)18-23(17-30(2,3)4)22-12-14-36(15-13-22)29(39)27-20-37(31(5,6)7)19-26(27)25-11-10-24(33)16-28(25)34/h10-11,16,22-23,26-27H,12-15,17-20H2,1-9H3,(H,35,38)/t23?,26-,27+/m0/s1. The van der Waals surface area contributed by atoms with Crippen LogP contribution in [-0.4, -0.2) is 58.9 Å². The molecule has 39 heavy (non-hydrogen) atoms. The number of likely N-dealkylation sites (tertiary alicyclic amines) is 2. The van der Waals surface area contributed by atoms with Crippen LogP contribution in [-0.2, 0) is 9.59 Å². The van der Waals surface area contributed by atoms with Crippen molar-refractivity contribution < 1.29 is 18.4 Å². The van der Waals surface area contributed by atoms with Gasteiger partial charge in [-0.1, -0.05) is 26.8 Å². The molecule has 0 saturated carbocycles. The maximum atomic E-state index is 14.9. The summed E-state index contributed by atoms with van der Waals surface area (Å²) in [6.45, 7) is 21.4. The van der Waals surface area contributed by atoms with Crippen LogP contribution in [0.3, 0.4) is 0 Å². The van der Waals surface area contributed by atoms with E-state index in [-0.39, 0.29) is 40.1 Å². The Hall–Kier alpha value is -2.02. The third-order valence-corrected chi connectivity index (χ3v) is 8.63. The number of nitrogens with one attached hydrogen (secondary N) is 1. The Labute approximate surface area is 235 Å². The van der Waals surface area contributed by atoms with Gasteiger partial charge >= 0.3 is 0 Å². The predicted octanol–water partition coefficient (Wildman–Crippen LogP) is 6.37. The molecular formula is C32H51F2N3O2. The molecule has 0 aliphatic carbocycles. The fourth-order valence-electron chi connectivity index (χ4n) is 6.92. The molecule has 0 bridgehead atoms. The van der Waals surface area contributed by atoms with Crippen LogP contribution in [0, 0.1) is 34.8 Å². The Bertz CT molecular complexity index is 1020. The maximum Gasteiger partial charge on any atom is 0.227 e. The van der Waals surface area contributed by atoms with E-state index in [1.54, 1.807) is 6.92 Å². The Morgan fingerprint density at radius 3 is 2.10 bits per heavy atom. The number of hydrogen-bond acceptors (Lipinski definition) is 3.